The number of rotatable bonds is 1. The van der Waals surface area contributed by atoms with Gasteiger partial charge in [-0.3, -0.25) is 4.79 Å². The van der Waals surface area contributed by atoms with Crippen LogP contribution in [-0.2, 0) is 9.53 Å². The summed E-state index contributed by atoms with van der Waals surface area (Å²) in [6.07, 6.45) is 4.84. The molecule has 0 aliphatic heterocycles. The highest BCUT2D eigenvalue weighted by Gasteiger charge is 2.41. The van der Waals surface area contributed by atoms with Crippen LogP contribution >= 0.6 is 0 Å². The Bertz CT molecular complexity index is 213. The van der Waals surface area contributed by atoms with Crippen LogP contribution in [0.3, 0.4) is 0 Å². The first kappa shape index (κ1) is 9.97. The van der Waals surface area contributed by atoms with E-state index in [0.717, 1.165) is 25.7 Å². The highest BCUT2D eigenvalue weighted by Crippen LogP contribution is 2.42. The van der Waals surface area contributed by atoms with Gasteiger partial charge in [-0.05, 0) is 37.5 Å². The van der Waals surface area contributed by atoms with Gasteiger partial charge in [-0.15, -0.1) is 0 Å². The van der Waals surface area contributed by atoms with Gasteiger partial charge in [-0.25, -0.2) is 0 Å². The molecule has 0 unspecified atom stereocenters. The van der Waals surface area contributed by atoms with Crippen LogP contribution in [0.5, 0.6) is 0 Å². The van der Waals surface area contributed by atoms with E-state index in [1.54, 1.807) is 0 Å². The lowest BCUT2D eigenvalue weighted by molar-refractivity contribution is -0.151. The average Bonchev–Trinajstić information content (AvgIpc) is 2.16. The van der Waals surface area contributed by atoms with E-state index in [1.807, 2.05) is 0 Å². The predicted octanol–water partition coefficient (Wildman–Crippen LogP) is 1.35. The second-order valence-electron chi connectivity index (χ2n) is 4.63. The van der Waals surface area contributed by atoms with Gasteiger partial charge in [0.2, 0.25) is 0 Å². The molecule has 0 aromatic rings. The maximum Gasteiger partial charge on any atom is 0.308 e. The standard InChI is InChI=1S/C11H18O3/c1-14-11(13)9-5-7-3-2-4-8(6-9)10(7)12/h7-10,12H,2-6H2,1H3/t7-,8-,9?,10?/m1/s1. The minimum atomic E-state index is -0.162. The number of aliphatic hydroxyl groups excluding tert-OH is 1. The number of carbonyl (C=O) groups is 1. The predicted molar refractivity (Wildman–Crippen MR) is 51.6 cm³/mol. The number of esters is 1. The highest BCUT2D eigenvalue weighted by atomic mass is 16.5. The maximum atomic E-state index is 11.4. The molecule has 80 valence electrons. The van der Waals surface area contributed by atoms with Gasteiger partial charge in [0.25, 0.3) is 0 Å². The van der Waals surface area contributed by atoms with E-state index in [0.29, 0.717) is 11.8 Å². The van der Waals surface area contributed by atoms with Crippen LogP contribution in [0.2, 0.25) is 0 Å². The van der Waals surface area contributed by atoms with E-state index in [4.69, 9.17) is 4.74 Å². The summed E-state index contributed by atoms with van der Waals surface area (Å²) in [5.41, 5.74) is 0. The van der Waals surface area contributed by atoms with Crippen molar-refractivity contribution >= 4 is 5.97 Å². The molecule has 2 rings (SSSR count). The zero-order valence-electron chi connectivity index (χ0n) is 8.61. The first-order valence-corrected chi connectivity index (χ1v) is 5.48. The van der Waals surface area contributed by atoms with E-state index in [2.05, 4.69) is 0 Å². The van der Waals surface area contributed by atoms with E-state index in [-0.39, 0.29) is 18.0 Å². The van der Waals surface area contributed by atoms with Gasteiger partial charge in [0.15, 0.2) is 0 Å². The molecule has 2 bridgehead atoms. The van der Waals surface area contributed by atoms with Crippen molar-refractivity contribution in [2.45, 2.75) is 38.2 Å². The summed E-state index contributed by atoms with van der Waals surface area (Å²) < 4.78 is 4.77. The summed E-state index contributed by atoms with van der Waals surface area (Å²) in [5, 5.41) is 9.91. The van der Waals surface area contributed by atoms with E-state index in [9.17, 15) is 9.90 Å². The van der Waals surface area contributed by atoms with Gasteiger partial charge in [-0.2, -0.15) is 0 Å². The second kappa shape index (κ2) is 3.89. The van der Waals surface area contributed by atoms with Gasteiger partial charge in [0.05, 0.1) is 19.1 Å². The van der Waals surface area contributed by atoms with Crippen molar-refractivity contribution in [2.75, 3.05) is 7.11 Å². The number of aliphatic hydroxyl groups is 1. The lowest BCUT2D eigenvalue weighted by atomic mass is 9.66. The third-order valence-corrected chi connectivity index (χ3v) is 3.82. The fraction of sp³-hybridized carbons (Fsp3) is 0.909. The molecular weight excluding hydrogens is 180 g/mol. The molecule has 0 aromatic heterocycles. The van der Waals surface area contributed by atoms with Crippen LogP contribution in [0.1, 0.15) is 32.1 Å². The molecular formula is C11H18O3. The monoisotopic (exact) mass is 198 g/mol. The van der Waals surface area contributed by atoms with E-state index in [1.165, 1.54) is 13.5 Å². The summed E-state index contributed by atoms with van der Waals surface area (Å²) in [6, 6.07) is 0. The third-order valence-electron chi connectivity index (χ3n) is 3.82. The summed E-state index contributed by atoms with van der Waals surface area (Å²) in [6.45, 7) is 0. The fourth-order valence-corrected chi connectivity index (χ4v) is 3.07. The molecule has 2 aliphatic carbocycles. The van der Waals surface area contributed by atoms with E-state index < -0.39 is 0 Å². The van der Waals surface area contributed by atoms with Crippen LogP contribution in [-0.4, -0.2) is 24.3 Å². The minimum Gasteiger partial charge on any atom is -0.469 e. The van der Waals surface area contributed by atoms with Crippen LogP contribution < -0.4 is 0 Å². The van der Waals surface area contributed by atoms with Gasteiger partial charge >= 0.3 is 5.97 Å². The number of hydrogen-bond acceptors (Lipinski definition) is 3. The van der Waals surface area contributed by atoms with Gasteiger partial charge in [0, 0.05) is 0 Å². The highest BCUT2D eigenvalue weighted by molar-refractivity contribution is 5.72. The molecule has 0 saturated heterocycles. The molecule has 2 atom stereocenters. The molecule has 0 aromatic carbocycles. The Balaban J connectivity index is 2.03. The number of fused-ring (bicyclic) bond motifs is 2. The topological polar surface area (TPSA) is 46.5 Å². The second-order valence-corrected chi connectivity index (χ2v) is 4.63. The molecule has 3 heteroatoms. The fourth-order valence-electron chi connectivity index (χ4n) is 3.07. The molecule has 2 fully saturated rings. The number of hydrogen-bond donors (Lipinski definition) is 1. The van der Waals surface area contributed by atoms with Crippen molar-refractivity contribution in [3.63, 3.8) is 0 Å². The third kappa shape index (κ3) is 1.65. The Hall–Kier alpha value is -0.570. The van der Waals surface area contributed by atoms with Crippen molar-refractivity contribution in [3.05, 3.63) is 0 Å². The molecule has 2 aliphatic rings. The van der Waals surface area contributed by atoms with Crippen molar-refractivity contribution in [1.29, 1.82) is 0 Å². The van der Waals surface area contributed by atoms with E-state index >= 15 is 0 Å². The summed E-state index contributed by atoms with van der Waals surface area (Å²) in [4.78, 5) is 11.4. The molecule has 2 saturated carbocycles. The Morgan fingerprint density at radius 2 is 1.86 bits per heavy atom. The Kier molecular flexibility index (Phi) is 2.77. The van der Waals surface area contributed by atoms with Crippen molar-refractivity contribution in [3.8, 4) is 0 Å². The first-order chi connectivity index (χ1) is 6.72. The lowest BCUT2D eigenvalue weighted by Crippen LogP contribution is -2.42. The van der Waals surface area contributed by atoms with Gasteiger partial charge in [-0.1, -0.05) is 6.42 Å². The smallest absolute Gasteiger partial charge is 0.308 e. The van der Waals surface area contributed by atoms with Crippen LogP contribution in [0.25, 0.3) is 0 Å². The molecule has 0 radical (unpaired) electrons. The van der Waals surface area contributed by atoms with Crippen molar-refractivity contribution in [2.24, 2.45) is 17.8 Å². The van der Waals surface area contributed by atoms with Crippen molar-refractivity contribution in [1.82, 2.24) is 0 Å². The summed E-state index contributed by atoms with van der Waals surface area (Å²) in [7, 11) is 1.45. The van der Waals surface area contributed by atoms with Crippen LogP contribution in [0, 0.1) is 17.8 Å². The zero-order valence-corrected chi connectivity index (χ0v) is 8.61. The number of methoxy groups -OCH3 is 1. The summed E-state index contributed by atoms with van der Waals surface area (Å²) in [5.74, 6) is 0.630. The zero-order chi connectivity index (χ0) is 10.1. The minimum absolute atomic E-state index is 0.0405. The Morgan fingerprint density at radius 1 is 1.29 bits per heavy atom. The molecule has 0 amide bonds. The number of carbonyl (C=O) groups excluding carboxylic acids is 1. The Labute approximate surface area is 84.4 Å². The SMILES string of the molecule is COC(=O)C1C[C@H]2CCC[C@H](C1)C2O. The average molecular weight is 198 g/mol. The van der Waals surface area contributed by atoms with Gasteiger partial charge < -0.3 is 9.84 Å². The normalized spacial score (nSPS) is 41.9. The van der Waals surface area contributed by atoms with Crippen LogP contribution in [0.15, 0.2) is 0 Å². The molecule has 0 spiro atoms. The van der Waals surface area contributed by atoms with Gasteiger partial charge in [0.1, 0.15) is 0 Å². The summed E-state index contributed by atoms with van der Waals surface area (Å²) >= 11 is 0. The molecule has 14 heavy (non-hydrogen) atoms. The lowest BCUT2D eigenvalue weighted by Gasteiger charge is -2.42. The Morgan fingerprint density at radius 3 is 2.36 bits per heavy atom. The molecule has 1 N–H and O–H groups in total. The first-order valence-electron chi connectivity index (χ1n) is 5.48. The largest absolute Gasteiger partial charge is 0.469 e. The van der Waals surface area contributed by atoms with Crippen molar-refractivity contribution < 1.29 is 14.6 Å². The molecule has 3 nitrogen and oxygen atoms in total. The maximum absolute atomic E-state index is 11.4. The number of ether oxygens (including phenoxy) is 1. The molecule has 0 heterocycles. The van der Waals surface area contributed by atoms with Crippen LogP contribution in [0.4, 0.5) is 0 Å². The quantitative estimate of drug-likeness (QED) is 0.647.